The van der Waals surface area contributed by atoms with Crippen molar-refractivity contribution < 1.29 is 14.3 Å². The van der Waals surface area contributed by atoms with Crippen LogP contribution in [0, 0.1) is 0 Å². The molecule has 0 saturated heterocycles. The smallest absolute Gasteiger partial charge is 0.410 e. The second kappa shape index (κ2) is 8.68. The monoisotopic (exact) mass is 439 g/mol. The zero-order valence-electron chi connectivity index (χ0n) is 19.8. The first-order valence-electron chi connectivity index (χ1n) is 10.8. The van der Waals surface area contributed by atoms with E-state index in [-0.39, 0.29) is 12.1 Å². The molecule has 172 valence electrons. The van der Waals surface area contributed by atoms with Crippen LogP contribution < -0.4 is 10.6 Å². The Morgan fingerprint density at radius 2 is 1.94 bits per heavy atom. The molecule has 3 N–H and O–H groups in total. The normalized spacial score (nSPS) is 13.9. The Kier molecular flexibility index (Phi) is 6.34. The molecule has 0 radical (unpaired) electrons. The van der Waals surface area contributed by atoms with E-state index in [9.17, 15) is 9.59 Å². The van der Waals surface area contributed by atoms with E-state index in [2.05, 4.69) is 27.4 Å². The van der Waals surface area contributed by atoms with Crippen LogP contribution in [0.1, 0.15) is 63.9 Å². The van der Waals surface area contributed by atoms with Gasteiger partial charge in [0.1, 0.15) is 5.60 Å². The van der Waals surface area contributed by atoms with Crippen LogP contribution in [0.2, 0.25) is 0 Å². The molecule has 1 aromatic carbocycles. The van der Waals surface area contributed by atoms with Crippen molar-refractivity contribution in [3.05, 3.63) is 53.2 Å². The summed E-state index contributed by atoms with van der Waals surface area (Å²) < 4.78 is 5.48. The van der Waals surface area contributed by atoms with Crippen molar-refractivity contribution in [1.82, 2.24) is 20.4 Å². The Balaban J connectivity index is 1.69. The topological polar surface area (TPSA) is 99.4 Å². The molecule has 32 heavy (non-hydrogen) atoms. The molecule has 3 amide bonds. The molecule has 1 aromatic heterocycles. The van der Waals surface area contributed by atoms with Crippen molar-refractivity contribution in [3.63, 3.8) is 0 Å². The number of ether oxygens (including phenoxy) is 1. The number of carbonyl (C=O) groups excluding carboxylic acids is 2. The van der Waals surface area contributed by atoms with E-state index >= 15 is 0 Å². The van der Waals surface area contributed by atoms with E-state index in [0.717, 1.165) is 28.0 Å². The van der Waals surface area contributed by atoms with Gasteiger partial charge in [-0.15, -0.1) is 0 Å². The van der Waals surface area contributed by atoms with Crippen molar-refractivity contribution in [2.24, 2.45) is 0 Å². The van der Waals surface area contributed by atoms with Crippen LogP contribution in [0.4, 0.5) is 15.4 Å². The zero-order valence-corrected chi connectivity index (χ0v) is 19.8. The van der Waals surface area contributed by atoms with Crippen LogP contribution in [0.15, 0.2) is 30.8 Å². The van der Waals surface area contributed by atoms with E-state index in [0.29, 0.717) is 25.3 Å². The van der Waals surface area contributed by atoms with Gasteiger partial charge in [-0.1, -0.05) is 30.4 Å². The molecule has 0 bridgehead atoms. The number of carbonyl (C=O) groups is 2. The van der Waals surface area contributed by atoms with E-state index < -0.39 is 11.1 Å². The Bertz CT molecular complexity index is 1030. The SMILES string of the molecule is C=C(C)c1cccc(C(C)(C)NC(=O)Nc2n[nH]c3c2CN(C(=O)OC(C)(C)C)CC3)c1. The summed E-state index contributed by atoms with van der Waals surface area (Å²) in [5.74, 6) is 0.414. The first-order valence-corrected chi connectivity index (χ1v) is 10.8. The summed E-state index contributed by atoms with van der Waals surface area (Å²) in [7, 11) is 0. The van der Waals surface area contributed by atoms with Gasteiger partial charge in [-0.05, 0) is 58.7 Å². The van der Waals surface area contributed by atoms with Crippen molar-refractivity contribution in [2.45, 2.75) is 65.6 Å². The Morgan fingerprint density at radius 3 is 2.59 bits per heavy atom. The first kappa shape index (κ1) is 23.4. The van der Waals surface area contributed by atoms with E-state index in [1.54, 1.807) is 4.90 Å². The minimum atomic E-state index is -0.617. The minimum absolute atomic E-state index is 0.320. The first-order chi connectivity index (χ1) is 14.9. The summed E-state index contributed by atoms with van der Waals surface area (Å²) in [5, 5.41) is 13.1. The Hall–Kier alpha value is -3.29. The summed E-state index contributed by atoms with van der Waals surface area (Å²) in [5.41, 5.74) is 3.48. The molecule has 0 saturated carbocycles. The van der Waals surface area contributed by atoms with E-state index in [4.69, 9.17) is 4.74 Å². The lowest BCUT2D eigenvalue weighted by atomic mass is 9.92. The van der Waals surface area contributed by atoms with Crippen molar-refractivity contribution in [2.75, 3.05) is 11.9 Å². The van der Waals surface area contributed by atoms with Crippen LogP contribution in [-0.2, 0) is 23.2 Å². The average Bonchev–Trinajstić information content (AvgIpc) is 3.08. The summed E-state index contributed by atoms with van der Waals surface area (Å²) in [6.07, 6.45) is 0.239. The number of hydrogen-bond donors (Lipinski definition) is 3. The van der Waals surface area contributed by atoms with E-state index in [1.807, 2.05) is 65.8 Å². The lowest BCUT2D eigenvalue weighted by Crippen LogP contribution is -2.44. The number of aromatic nitrogens is 2. The van der Waals surface area contributed by atoms with Crippen LogP contribution >= 0.6 is 0 Å². The van der Waals surface area contributed by atoms with Crippen molar-refractivity contribution >= 4 is 23.5 Å². The van der Waals surface area contributed by atoms with Crippen LogP contribution in [0.25, 0.3) is 5.57 Å². The van der Waals surface area contributed by atoms with Gasteiger partial charge in [-0.2, -0.15) is 5.10 Å². The number of hydrogen-bond acceptors (Lipinski definition) is 4. The van der Waals surface area contributed by atoms with Gasteiger partial charge in [0, 0.05) is 24.2 Å². The second-order valence-corrected chi connectivity index (χ2v) is 9.75. The molecule has 2 heterocycles. The third kappa shape index (κ3) is 5.49. The third-order valence-corrected chi connectivity index (χ3v) is 5.32. The number of allylic oxidation sites excluding steroid dienone is 1. The molecule has 2 aromatic rings. The Labute approximate surface area is 189 Å². The lowest BCUT2D eigenvalue weighted by Gasteiger charge is -2.30. The summed E-state index contributed by atoms with van der Waals surface area (Å²) in [4.78, 5) is 26.9. The van der Waals surface area contributed by atoms with Gasteiger partial charge in [0.25, 0.3) is 0 Å². The molecule has 0 atom stereocenters. The third-order valence-electron chi connectivity index (χ3n) is 5.32. The number of aromatic amines is 1. The predicted molar refractivity (Wildman–Crippen MR) is 125 cm³/mol. The number of rotatable bonds is 4. The standard InChI is InChI=1S/C24H33N5O3/c1-15(2)16-9-8-10-17(13-16)24(6,7)26-21(30)25-20-18-14-29(12-11-19(18)27-28-20)22(31)32-23(3,4)5/h8-10,13H,1,11-12,14H2,2-7H3,(H3,25,26,27,28,30). The highest BCUT2D eigenvalue weighted by molar-refractivity contribution is 5.90. The molecule has 0 fully saturated rings. The molecular formula is C24H33N5O3. The maximum Gasteiger partial charge on any atom is 0.410 e. The van der Waals surface area contributed by atoms with E-state index in [1.165, 1.54) is 0 Å². The predicted octanol–water partition coefficient (Wildman–Crippen LogP) is 4.79. The lowest BCUT2D eigenvalue weighted by molar-refractivity contribution is 0.0224. The minimum Gasteiger partial charge on any atom is -0.444 e. The highest BCUT2D eigenvalue weighted by atomic mass is 16.6. The molecule has 8 heteroatoms. The van der Waals surface area contributed by atoms with Crippen LogP contribution in [-0.4, -0.2) is 39.4 Å². The molecular weight excluding hydrogens is 406 g/mol. The largest absolute Gasteiger partial charge is 0.444 e. The number of fused-ring (bicyclic) bond motifs is 1. The van der Waals surface area contributed by atoms with Crippen LogP contribution in [0.3, 0.4) is 0 Å². The van der Waals surface area contributed by atoms with Crippen molar-refractivity contribution in [3.8, 4) is 0 Å². The van der Waals surface area contributed by atoms with Crippen molar-refractivity contribution in [1.29, 1.82) is 0 Å². The average molecular weight is 440 g/mol. The molecule has 8 nitrogen and oxygen atoms in total. The molecule has 0 spiro atoms. The fourth-order valence-corrected chi connectivity index (χ4v) is 3.55. The second-order valence-electron chi connectivity index (χ2n) is 9.75. The van der Waals surface area contributed by atoms with Gasteiger partial charge in [0.15, 0.2) is 5.82 Å². The number of anilines is 1. The maximum absolute atomic E-state index is 12.8. The fourth-order valence-electron chi connectivity index (χ4n) is 3.55. The molecule has 3 rings (SSSR count). The number of urea groups is 1. The number of H-pyrrole nitrogens is 1. The number of nitrogens with zero attached hydrogens (tertiary/aromatic N) is 2. The maximum atomic E-state index is 12.8. The highest BCUT2D eigenvalue weighted by Crippen LogP contribution is 2.27. The van der Waals surface area contributed by atoms with Gasteiger partial charge >= 0.3 is 12.1 Å². The Morgan fingerprint density at radius 1 is 1.22 bits per heavy atom. The highest BCUT2D eigenvalue weighted by Gasteiger charge is 2.30. The number of benzene rings is 1. The van der Waals surface area contributed by atoms with Gasteiger partial charge < -0.3 is 15.0 Å². The number of nitrogens with one attached hydrogen (secondary N) is 3. The molecule has 1 aliphatic rings. The molecule has 0 unspecified atom stereocenters. The van der Waals surface area contributed by atoms with Gasteiger partial charge in [0.2, 0.25) is 0 Å². The quantitative estimate of drug-likeness (QED) is 0.638. The van der Waals surface area contributed by atoms with Gasteiger partial charge in [0.05, 0.1) is 12.1 Å². The summed E-state index contributed by atoms with van der Waals surface area (Å²) in [6, 6.07) is 7.57. The number of amides is 3. The molecule has 1 aliphatic heterocycles. The summed E-state index contributed by atoms with van der Waals surface area (Å²) in [6.45, 7) is 16.2. The van der Waals surface area contributed by atoms with Crippen LogP contribution in [0.5, 0.6) is 0 Å². The zero-order chi connectivity index (χ0) is 23.7. The van der Waals surface area contributed by atoms with Gasteiger partial charge in [-0.25, -0.2) is 9.59 Å². The summed E-state index contributed by atoms with van der Waals surface area (Å²) >= 11 is 0. The molecule has 0 aliphatic carbocycles. The van der Waals surface area contributed by atoms with Gasteiger partial charge in [-0.3, -0.25) is 10.4 Å². The fraction of sp³-hybridized carbons (Fsp3) is 0.458.